The molecular weight excluding hydrogens is 230 g/mol. The van der Waals surface area contributed by atoms with Crippen molar-refractivity contribution in [3.63, 3.8) is 0 Å². The lowest BCUT2D eigenvalue weighted by molar-refractivity contribution is -0.133. The molecule has 0 bridgehead atoms. The number of anilines is 1. The Bertz CT molecular complexity index is 572. The van der Waals surface area contributed by atoms with Crippen LogP contribution in [0.15, 0.2) is 29.5 Å². The molecule has 1 aliphatic heterocycles. The van der Waals surface area contributed by atoms with Crippen molar-refractivity contribution < 1.29 is 14.7 Å². The molecule has 18 heavy (non-hydrogen) atoms. The minimum atomic E-state index is -1.02. The van der Waals surface area contributed by atoms with Crippen LogP contribution < -0.4 is 4.90 Å². The van der Waals surface area contributed by atoms with Crippen LogP contribution in [0, 0.1) is 13.8 Å². The van der Waals surface area contributed by atoms with E-state index in [4.69, 9.17) is 5.11 Å². The highest BCUT2D eigenvalue weighted by atomic mass is 16.4. The van der Waals surface area contributed by atoms with Crippen molar-refractivity contribution in [1.29, 1.82) is 0 Å². The van der Waals surface area contributed by atoms with Crippen LogP contribution in [0.5, 0.6) is 0 Å². The molecule has 1 aromatic rings. The number of benzene rings is 1. The highest BCUT2D eigenvalue weighted by Gasteiger charge is 2.32. The predicted octanol–water partition coefficient (Wildman–Crippen LogP) is 2.40. The summed E-state index contributed by atoms with van der Waals surface area (Å²) in [5.41, 5.74) is 3.55. The van der Waals surface area contributed by atoms with E-state index in [2.05, 4.69) is 0 Å². The number of aryl methyl sites for hydroxylation is 1. The number of carboxylic acid groups (broad SMARTS) is 1. The molecule has 0 saturated carbocycles. The number of hydrogen-bond donors (Lipinski definition) is 1. The van der Waals surface area contributed by atoms with Crippen LogP contribution in [0.2, 0.25) is 0 Å². The maximum atomic E-state index is 12.0. The molecule has 2 rings (SSSR count). The van der Waals surface area contributed by atoms with Crippen LogP contribution in [0.1, 0.15) is 24.5 Å². The Kier molecular flexibility index (Phi) is 2.95. The fourth-order valence-electron chi connectivity index (χ4n) is 2.20. The first-order chi connectivity index (χ1) is 8.43. The second kappa shape index (κ2) is 4.29. The monoisotopic (exact) mass is 245 g/mol. The predicted molar refractivity (Wildman–Crippen MR) is 68.4 cm³/mol. The third-order valence-electron chi connectivity index (χ3n) is 3.42. The quantitative estimate of drug-likeness (QED) is 0.870. The van der Waals surface area contributed by atoms with Gasteiger partial charge in [0, 0.05) is 5.70 Å². The minimum absolute atomic E-state index is 0.0332. The molecule has 1 amide bonds. The summed E-state index contributed by atoms with van der Waals surface area (Å²) in [4.78, 5) is 24.5. The Hall–Kier alpha value is -2.10. The Labute approximate surface area is 106 Å². The van der Waals surface area contributed by atoms with Gasteiger partial charge < -0.3 is 5.11 Å². The number of allylic oxidation sites excluding steroid dienone is 1. The van der Waals surface area contributed by atoms with Crippen molar-refractivity contribution in [2.24, 2.45) is 0 Å². The number of nitrogens with zero attached hydrogens (tertiary/aromatic N) is 1. The van der Waals surface area contributed by atoms with Gasteiger partial charge in [0.05, 0.1) is 17.7 Å². The van der Waals surface area contributed by atoms with Crippen molar-refractivity contribution in [3.05, 3.63) is 40.6 Å². The maximum absolute atomic E-state index is 12.0. The summed E-state index contributed by atoms with van der Waals surface area (Å²) in [6.45, 7) is 5.58. The summed E-state index contributed by atoms with van der Waals surface area (Å²) < 4.78 is 0. The van der Waals surface area contributed by atoms with Gasteiger partial charge in [-0.1, -0.05) is 12.1 Å². The first-order valence-electron chi connectivity index (χ1n) is 5.75. The Balaban J connectivity index is 2.54. The molecule has 1 aliphatic rings. The third kappa shape index (κ3) is 1.79. The van der Waals surface area contributed by atoms with Crippen molar-refractivity contribution in [1.82, 2.24) is 0 Å². The van der Waals surface area contributed by atoms with E-state index in [1.807, 2.05) is 32.0 Å². The number of aliphatic carboxylic acids is 1. The number of carbonyl (C=O) groups is 2. The zero-order chi connectivity index (χ0) is 13.4. The zero-order valence-electron chi connectivity index (χ0n) is 10.7. The van der Waals surface area contributed by atoms with Gasteiger partial charge in [0.2, 0.25) is 5.91 Å². The van der Waals surface area contributed by atoms with E-state index >= 15 is 0 Å². The van der Waals surface area contributed by atoms with Crippen LogP contribution in [0.25, 0.3) is 0 Å². The standard InChI is InChI=1S/C14H15NO3/c1-8-5-4-6-12(9(8)2)15-10(3)11(14(17)18)7-13(15)16/h4-6H,7H2,1-3H3,(H,17,18). The average molecular weight is 245 g/mol. The molecule has 1 aromatic carbocycles. The Morgan fingerprint density at radius 3 is 2.50 bits per heavy atom. The van der Waals surface area contributed by atoms with Crippen molar-refractivity contribution in [3.8, 4) is 0 Å². The van der Waals surface area contributed by atoms with E-state index in [0.29, 0.717) is 5.70 Å². The van der Waals surface area contributed by atoms with Gasteiger partial charge in [-0.3, -0.25) is 9.69 Å². The van der Waals surface area contributed by atoms with Crippen molar-refractivity contribution >= 4 is 17.6 Å². The summed E-state index contributed by atoms with van der Waals surface area (Å²) in [5, 5.41) is 9.05. The molecule has 1 N–H and O–H groups in total. The van der Waals surface area contributed by atoms with Gasteiger partial charge in [-0.15, -0.1) is 0 Å². The van der Waals surface area contributed by atoms with Crippen LogP contribution in [-0.4, -0.2) is 17.0 Å². The molecule has 0 fully saturated rings. The molecule has 4 nitrogen and oxygen atoms in total. The summed E-state index contributed by atoms with van der Waals surface area (Å²) in [5.74, 6) is -1.20. The fourth-order valence-corrected chi connectivity index (χ4v) is 2.20. The topological polar surface area (TPSA) is 57.6 Å². The molecule has 94 valence electrons. The largest absolute Gasteiger partial charge is 0.478 e. The van der Waals surface area contributed by atoms with Crippen LogP contribution in [-0.2, 0) is 9.59 Å². The smallest absolute Gasteiger partial charge is 0.333 e. The maximum Gasteiger partial charge on any atom is 0.333 e. The van der Waals surface area contributed by atoms with E-state index in [0.717, 1.165) is 16.8 Å². The molecular formula is C14H15NO3. The normalized spacial score (nSPS) is 15.5. The number of carbonyl (C=O) groups excluding carboxylic acids is 1. The number of hydrogen-bond acceptors (Lipinski definition) is 2. The lowest BCUT2D eigenvalue weighted by Gasteiger charge is -2.21. The van der Waals surface area contributed by atoms with Gasteiger partial charge >= 0.3 is 5.97 Å². The molecule has 1 heterocycles. The zero-order valence-corrected chi connectivity index (χ0v) is 10.7. The van der Waals surface area contributed by atoms with Gasteiger partial charge in [0.1, 0.15) is 0 Å². The third-order valence-corrected chi connectivity index (χ3v) is 3.42. The SMILES string of the molecule is CC1=C(C(=O)O)CC(=O)N1c1cccc(C)c1C. The van der Waals surface area contributed by atoms with E-state index in [1.54, 1.807) is 6.92 Å². The molecule has 0 atom stereocenters. The molecule has 0 saturated heterocycles. The first-order valence-corrected chi connectivity index (χ1v) is 5.75. The molecule has 0 unspecified atom stereocenters. The highest BCUT2D eigenvalue weighted by Crippen LogP contribution is 2.33. The highest BCUT2D eigenvalue weighted by molar-refractivity contribution is 6.09. The number of carboxylic acids is 1. The summed E-state index contributed by atoms with van der Waals surface area (Å²) in [6, 6.07) is 5.68. The minimum Gasteiger partial charge on any atom is -0.478 e. The second-order valence-corrected chi connectivity index (χ2v) is 4.49. The van der Waals surface area contributed by atoms with Gasteiger partial charge in [-0.05, 0) is 38.0 Å². The summed E-state index contributed by atoms with van der Waals surface area (Å²) >= 11 is 0. The van der Waals surface area contributed by atoms with Gasteiger partial charge in [-0.2, -0.15) is 0 Å². The van der Waals surface area contributed by atoms with Crippen LogP contribution in [0.3, 0.4) is 0 Å². The van der Waals surface area contributed by atoms with E-state index in [9.17, 15) is 9.59 Å². The van der Waals surface area contributed by atoms with Crippen LogP contribution in [0.4, 0.5) is 5.69 Å². The second-order valence-electron chi connectivity index (χ2n) is 4.49. The summed E-state index contributed by atoms with van der Waals surface area (Å²) in [6.07, 6.45) is -0.0332. The van der Waals surface area contributed by atoms with Gasteiger partial charge in [-0.25, -0.2) is 4.79 Å². The Morgan fingerprint density at radius 1 is 1.28 bits per heavy atom. The molecule has 4 heteroatoms. The molecule has 0 spiro atoms. The van der Waals surface area contributed by atoms with Gasteiger partial charge in [0.25, 0.3) is 0 Å². The van der Waals surface area contributed by atoms with E-state index in [-0.39, 0.29) is 17.9 Å². The lowest BCUT2D eigenvalue weighted by Crippen LogP contribution is -2.24. The van der Waals surface area contributed by atoms with Gasteiger partial charge in [0.15, 0.2) is 0 Å². The molecule has 0 radical (unpaired) electrons. The van der Waals surface area contributed by atoms with Crippen molar-refractivity contribution in [2.45, 2.75) is 27.2 Å². The lowest BCUT2D eigenvalue weighted by atomic mass is 10.1. The average Bonchev–Trinajstić information content (AvgIpc) is 2.59. The number of amides is 1. The first kappa shape index (κ1) is 12.4. The van der Waals surface area contributed by atoms with E-state index < -0.39 is 5.97 Å². The number of rotatable bonds is 2. The Morgan fingerprint density at radius 2 is 1.94 bits per heavy atom. The van der Waals surface area contributed by atoms with Crippen LogP contribution >= 0.6 is 0 Å². The summed E-state index contributed by atoms with van der Waals surface area (Å²) in [7, 11) is 0. The molecule has 0 aliphatic carbocycles. The van der Waals surface area contributed by atoms with E-state index in [1.165, 1.54) is 4.90 Å². The fraction of sp³-hybridized carbons (Fsp3) is 0.286. The van der Waals surface area contributed by atoms with Crippen molar-refractivity contribution in [2.75, 3.05) is 4.90 Å². The molecule has 0 aromatic heterocycles.